The monoisotopic (exact) mass is 290 g/mol. The Bertz CT molecular complexity index is 458. The lowest BCUT2D eigenvalue weighted by Gasteiger charge is -2.32. The van der Waals surface area contributed by atoms with Crippen molar-refractivity contribution in [3.8, 4) is 0 Å². The Labute approximate surface area is 125 Å². The summed E-state index contributed by atoms with van der Waals surface area (Å²) in [6.07, 6.45) is 3.10. The summed E-state index contributed by atoms with van der Waals surface area (Å²) in [6, 6.07) is 10.00. The zero-order chi connectivity index (χ0) is 15.6. The zero-order valence-electron chi connectivity index (χ0n) is 14.1. The highest BCUT2D eigenvalue weighted by molar-refractivity contribution is 6.83. The van der Waals surface area contributed by atoms with E-state index in [4.69, 9.17) is 0 Å². The molecule has 20 heavy (non-hydrogen) atoms. The molecule has 0 saturated carbocycles. The van der Waals surface area contributed by atoms with Crippen molar-refractivity contribution in [3.05, 3.63) is 47.2 Å². The third kappa shape index (κ3) is 5.26. The molecule has 1 nitrogen and oxygen atoms in total. The third-order valence-electron chi connectivity index (χ3n) is 3.50. The van der Waals surface area contributed by atoms with Gasteiger partial charge in [0.1, 0.15) is 0 Å². The fourth-order valence-corrected chi connectivity index (χ4v) is 4.07. The van der Waals surface area contributed by atoms with Crippen molar-refractivity contribution in [2.45, 2.75) is 59.4 Å². The predicted molar refractivity (Wildman–Crippen MR) is 91.5 cm³/mol. The first-order valence-electron chi connectivity index (χ1n) is 7.42. The highest BCUT2D eigenvalue weighted by Crippen LogP contribution is 2.34. The van der Waals surface area contributed by atoms with Crippen LogP contribution in [-0.4, -0.2) is 13.2 Å². The Balaban J connectivity index is 3.11. The Morgan fingerprint density at radius 2 is 1.55 bits per heavy atom. The molecule has 0 saturated heterocycles. The molecule has 1 aromatic rings. The van der Waals surface area contributed by atoms with Crippen LogP contribution in [0.15, 0.2) is 41.6 Å². The molecule has 0 aliphatic heterocycles. The summed E-state index contributed by atoms with van der Waals surface area (Å²) in [5.74, 6) is 0. The number of hydrogen-bond acceptors (Lipinski definition) is 1. The summed E-state index contributed by atoms with van der Waals surface area (Å²) < 4.78 is 0. The van der Waals surface area contributed by atoms with E-state index >= 15 is 0 Å². The zero-order valence-corrected chi connectivity index (χ0v) is 15.1. The highest BCUT2D eigenvalue weighted by Gasteiger charge is 2.30. The van der Waals surface area contributed by atoms with Crippen molar-refractivity contribution in [2.24, 2.45) is 5.41 Å². The highest BCUT2D eigenvalue weighted by atomic mass is 28.3. The van der Waals surface area contributed by atoms with Crippen LogP contribution in [-0.2, 0) is 5.60 Å². The maximum absolute atomic E-state index is 10.9. The minimum absolute atomic E-state index is 0.155. The summed E-state index contributed by atoms with van der Waals surface area (Å²) in [5, 5.41) is 12.3. The summed E-state index contributed by atoms with van der Waals surface area (Å²) in [4.78, 5) is 0. The Kier molecular flexibility index (Phi) is 5.04. The second-order valence-corrected chi connectivity index (χ2v) is 13.2. The van der Waals surface area contributed by atoms with Gasteiger partial charge in [0.05, 0.1) is 13.7 Å². The van der Waals surface area contributed by atoms with Crippen molar-refractivity contribution in [1.29, 1.82) is 0 Å². The van der Waals surface area contributed by atoms with Crippen LogP contribution in [0, 0.1) is 5.41 Å². The second-order valence-electron chi connectivity index (χ2n) is 8.10. The van der Waals surface area contributed by atoms with E-state index < -0.39 is 13.7 Å². The lowest BCUT2D eigenvalue weighted by Crippen LogP contribution is -2.32. The van der Waals surface area contributed by atoms with E-state index in [0.717, 1.165) is 12.0 Å². The first kappa shape index (κ1) is 17.2. The maximum atomic E-state index is 10.9. The van der Waals surface area contributed by atoms with Gasteiger partial charge in [-0.1, -0.05) is 82.0 Å². The number of rotatable bonds is 4. The van der Waals surface area contributed by atoms with Crippen LogP contribution in [0.2, 0.25) is 19.6 Å². The van der Waals surface area contributed by atoms with Crippen LogP contribution in [0.25, 0.3) is 0 Å². The molecule has 0 radical (unpaired) electrons. The molecule has 0 aliphatic rings. The molecular weight excluding hydrogens is 260 g/mol. The standard InChI is InChI=1S/C18H30OSi/c1-17(2,3)13-16(20(5,6)7)14-18(4,19)15-11-9-8-10-12-15/h8-13,19H,14H2,1-7H3/b16-13+. The lowest BCUT2D eigenvalue weighted by molar-refractivity contribution is 0.0588. The second kappa shape index (κ2) is 5.86. The van der Waals surface area contributed by atoms with Crippen LogP contribution in [0.3, 0.4) is 0 Å². The van der Waals surface area contributed by atoms with Crippen LogP contribution >= 0.6 is 0 Å². The van der Waals surface area contributed by atoms with Crippen molar-refractivity contribution in [3.63, 3.8) is 0 Å². The maximum Gasteiger partial charge on any atom is 0.0901 e. The van der Waals surface area contributed by atoms with Crippen LogP contribution < -0.4 is 0 Å². The minimum atomic E-state index is -1.44. The molecule has 0 spiro atoms. The number of aliphatic hydroxyl groups is 1. The Morgan fingerprint density at radius 1 is 1.05 bits per heavy atom. The smallest absolute Gasteiger partial charge is 0.0901 e. The van der Waals surface area contributed by atoms with Gasteiger partial charge in [-0.3, -0.25) is 0 Å². The molecule has 1 N–H and O–H groups in total. The van der Waals surface area contributed by atoms with Gasteiger partial charge in [0, 0.05) is 0 Å². The van der Waals surface area contributed by atoms with Crippen LogP contribution in [0.1, 0.15) is 39.7 Å². The Morgan fingerprint density at radius 3 is 1.95 bits per heavy atom. The van der Waals surface area contributed by atoms with Gasteiger partial charge in [0.25, 0.3) is 0 Å². The van der Waals surface area contributed by atoms with Gasteiger partial charge in [-0.15, -0.1) is 0 Å². The van der Waals surface area contributed by atoms with Crippen LogP contribution in [0.5, 0.6) is 0 Å². The molecule has 112 valence electrons. The van der Waals surface area contributed by atoms with Gasteiger partial charge in [-0.25, -0.2) is 0 Å². The predicted octanol–water partition coefficient (Wildman–Crippen LogP) is 5.13. The SMILES string of the molecule is CC(C)(C)/C=C(\CC(C)(O)c1ccccc1)[Si](C)(C)C. The molecule has 0 aromatic heterocycles. The topological polar surface area (TPSA) is 20.2 Å². The first-order valence-corrected chi connectivity index (χ1v) is 10.9. The molecule has 2 heteroatoms. The molecule has 1 rings (SSSR count). The molecule has 0 heterocycles. The van der Waals surface area contributed by atoms with E-state index in [0.29, 0.717) is 0 Å². The summed E-state index contributed by atoms with van der Waals surface area (Å²) in [7, 11) is -1.44. The summed E-state index contributed by atoms with van der Waals surface area (Å²) in [5.41, 5.74) is 0.360. The quantitative estimate of drug-likeness (QED) is 0.762. The summed E-state index contributed by atoms with van der Waals surface area (Å²) >= 11 is 0. The van der Waals surface area contributed by atoms with Gasteiger partial charge in [-0.05, 0) is 24.3 Å². The fourth-order valence-electron chi connectivity index (χ4n) is 2.33. The van der Waals surface area contributed by atoms with Gasteiger partial charge in [0.15, 0.2) is 0 Å². The number of benzene rings is 1. The third-order valence-corrected chi connectivity index (χ3v) is 5.75. The van der Waals surface area contributed by atoms with Gasteiger partial charge in [-0.2, -0.15) is 0 Å². The van der Waals surface area contributed by atoms with E-state index in [-0.39, 0.29) is 5.41 Å². The molecule has 1 aromatic carbocycles. The fraction of sp³-hybridized carbons (Fsp3) is 0.556. The normalized spacial score (nSPS) is 16.9. The van der Waals surface area contributed by atoms with Gasteiger partial charge < -0.3 is 5.11 Å². The van der Waals surface area contributed by atoms with Gasteiger partial charge >= 0.3 is 0 Å². The van der Waals surface area contributed by atoms with E-state index in [2.05, 4.69) is 46.5 Å². The van der Waals surface area contributed by atoms with Gasteiger partial charge in [0.2, 0.25) is 0 Å². The van der Waals surface area contributed by atoms with Crippen molar-refractivity contribution >= 4 is 8.07 Å². The molecule has 1 unspecified atom stereocenters. The van der Waals surface area contributed by atoms with E-state index in [1.165, 1.54) is 5.20 Å². The molecule has 0 fully saturated rings. The molecule has 0 aliphatic carbocycles. The molecular formula is C18H30OSi. The number of hydrogen-bond donors (Lipinski definition) is 1. The van der Waals surface area contributed by atoms with Crippen LogP contribution in [0.4, 0.5) is 0 Å². The van der Waals surface area contributed by atoms with E-state index in [9.17, 15) is 5.11 Å². The molecule has 0 bridgehead atoms. The van der Waals surface area contributed by atoms with E-state index in [1.54, 1.807) is 0 Å². The Hall–Kier alpha value is -0.863. The van der Waals surface area contributed by atoms with Crippen molar-refractivity contribution in [2.75, 3.05) is 0 Å². The lowest BCUT2D eigenvalue weighted by atomic mass is 9.89. The molecule has 0 amide bonds. The minimum Gasteiger partial charge on any atom is -0.385 e. The number of allylic oxidation sites excluding steroid dienone is 1. The van der Waals surface area contributed by atoms with E-state index in [1.807, 2.05) is 37.3 Å². The summed E-state index contributed by atoms with van der Waals surface area (Å²) in [6.45, 7) is 15.7. The van der Waals surface area contributed by atoms with Crippen molar-refractivity contribution in [1.82, 2.24) is 0 Å². The average molecular weight is 291 g/mol. The van der Waals surface area contributed by atoms with Crippen molar-refractivity contribution < 1.29 is 5.11 Å². The molecule has 1 atom stereocenters. The average Bonchev–Trinajstić information content (AvgIpc) is 2.26. The first-order chi connectivity index (χ1) is 8.92. The largest absolute Gasteiger partial charge is 0.385 e.